The second kappa shape index (κ2) is 2.49. The highest BCUT2D eigenvalue weighted by atomic mass is 16.3. The quantitative estimate of drug-likeness (QED) is 0.659. The molecule has 1 heterocycles. The lowest BCUT2D eigenvalue weighted by Gasteiger charge is -1.87. The van der Waals surface area contributed by atoms with Crippen LogP contribution < -0.4 is 5.73 Å². The van der Waals surface area contributed by atoms with Crippen molar-refractivity contribution < 1.29 is 9.52 Å². The van der Waals surface area contributed by atoms with E-state index in [0.29, 0.717) is 17.0 Å². The summed E-state index contributed by atoms with van der Waals surface area (Å²) in [4.78, 5) is 4.04. The number of nitrogens with two attached hydrogens (primary N) is 1. The fourth-order valence-corrected chi connectivity index (χ4v) is 1.05. The van der Waals surface area contributed by atoms with Crippen molar-refractivity contribution in [2.75, 3.05) is 0 Å². The Kier molecular flexibility index (Phi) is 1.48. The van der Waals surface area contributed by atoms with Crippen molar-refractivity contribution in [1.82, 2.24) is 4.98 Å². The maximum atomic E-state index is 9.10. The molecule has 1 aromatic heterocycles. The van der Waals surface area contributed by atoms with Crippen LogP contribution in [0.15, 0.2) is 22.6 Å². The molecule has 0 aliphatic heterocycles. The normalized spacial score (nSPS) is 10.8. The van der Waals surface area contributed by atoms with Gasteiger partial charge in [-0.05, 0) is 12.1 Å². The van der Waals surface area contributed by atoms with E-state index in [-0.39, 0.29) is 12.3 Å². The zero-order valence-corrected chi connectivity index (χ0v) is 6.32. The van der Waals surface area contributed by atoms with Crippen molar-refractivity contribution in [3.8, 4) is 5.75 Å². The molecule has 62 valence electrons. The SMILES string of the molecule is NCc1nc2cc(O)ccc2o1. The van der Waals surface area contributed by atoms with E-state index in [2.05, 4.69) is 4.98 Å². The molecule has 0 saturated heterocycles. The molecule has 0 amide bonds. The van der Waals surface area contributed by atoms with Crippen molar-refractivity contribution in [3.63, 3.8) is 0 Å². The van der Waals surface area contributed by atoms with E-state index in [1.54, 1.807) is 12.1 Å². The van der Waals surface area contributed by atoms with Crippen LogP contribution in [0.1, 0.15) is 5.89 Å². The molecule has 1 aromatic carbocycles. The number of aromatic nitrogens is 1. The van der Waals surface area contributed by atoms with E-state index in [1.165, 1.54) is 6.07 Å². The Morgan fingerprint density at radius 2 is 2.33 bits per heavy atom. The lowest BCUT2D eigenvalue weighted by atomic mass is 10.3. The molecule has 0 bridgehead atoms. The van der Waals surface area contributed by atoms with Gasteiger partial charge in [0.1, 0.15) is 11.3 Å². The number of fused-ring (bicyclic) bond motifs is 1. The summed E-state index contributed by atoms with van der Waals surface area (Å²) in [5.74, 6) is 0.662. The molecule has 0 atom stereocenters. The van der Waals surface area contributed by atoms with Gasteiger partial charge < -0.3 is 15.3 Å². The minimum absolute atomic E-state index is 0.180. The molecule has 0 aliphatic carbocycles. The van der Waals surface area contributed by atoms with Gasteiger partial charge in [-0.1, -0.05) is 0 Å². The van der Waals surface area contributed by atoms with Crippen LogP contribution in [0.5, 0.6) is 5.75 Å². The molecule has 12 heavy (non-hydrogen) atoms. The van der Waals surface area contributed by atoms with Gasteiger partial charge in [-0.15, -0.1) is 0 Å². The predicted molar refractivity (Wildman–Crippen MR) is 43.6 cm³/mol. The molecule has 3 N–H and O–H groups in total. The van der Waals surface area contributed by atoms with E-state index in [1.807, 2.05) is 0 Å². The van der Waals surface area contributed by atoms with Crippen LogP contribution in [-0.4, -0.2) is 10.1 Å². The topological polar surface area (TPSA) is 72.3 Å². The molecular weight excluding hydrogens is 156 g/mol. The summed E-state index contributed by atoms with van der Waals surface area (Å²) in [6.45, 7) is 0.273. The van der Waals surface area contributed by atoms with Gasteiger partial charge in [0.05, 0.1) is 6.54 Å². The van der Waals surface area contributed by atoms with Gasteiger partial charge in [0.2, 0.25) is 5.89 Å². The lowest BCUT2D eigenvalue weighted by molar-refractivity contribution is 0.475. The molecule has 0 spiro atoms. The van der Waals surface area contributed by atoms with E-state index in [9.17, 15) is 0 Å². The molecule has 0 radical (unpaired) electrons. The number of oxazole rings is 1. The molecular formula is C8H8N2O2. The first kappa shape index (κ1) is 7.12. The molecule has 0 fully saturated rings. The first-order chi connectivity index (χ1) is 5.79. The summed E-state index contributed by atoms with van der Waals surface area (Å²) in [5.41, 5.74) is 6.61. The number of hydrogen-bond donors (Lipinski definition) is 2. The predicted octanol–water partition coefficient (Wildman–Crippen LogP) is 0.992. The minimum Gasteiger partial charge on any atom is -0.508 e. The standard InChI is InChI=1S/C8H8N2O2/c9-4-8-10-6-3-5(11)1-2-7(6)12-8/h1-3,11H,4,9H2. The summed E-state index contributed by atoms with van der Waals surface area (Å²) in [6, 6.07) is 4.75. The first-order valence-electron chi connectivity index (χ1n) is 3.58. The van der Waals surface area contributed by atoms with Crippen molar-refractivity contribution in [2.24, 2.45) is 5.73 Å². The first-order valence-corrected chi connectivity index (χ1v) is 3.58. The smallest absolute Gasteiger partial charge is 0.209 e. The fourth-order valence-electron chi connectivity index (χ4n) is 1.05. The summed E-state index contributed by atoms with van der Waals surface area (Å²) >= 11 is 0. The number of benzene rings is 1. The van der Waals surface area contributed by atoms with E-state index in [4.69, 9.17) is 15.3 Å². The molecule has 0 unspecified atom stereocenters. The number of phenolic OH excluding ortho intramolecular Hbond substituents is 1. The van der Waals surface area contributed by atoms with Gasteiger partial charge in [0.15, 0.2) is 5.58 Å². The fraction of sp³-hybridized carbons (Fsp3) is 0.125. The van der Waals surface area contributed by atoms with Crippen LogP contribution in [0.3, 0.4) is 0 Å². The third-order valence-electron chi connectivity index (χ3n) is 1.59. The highest BCUT2D eigenvalue weighted by Gasteiger charge is 2.03. The molecule has 4 heteroatoms. The van der Waals surface area contributed by atoms with Crippen molar-refractivity contribution in [3.05, 3.63) is 24.1 Å². The number of rotatable bonds is 1. The van der Waals surface area contributed by atoms with Crippen molar-refractivity contribution in [2.45, 2.75) is 6.54 Å². The van der Waals surface area contributed by atoms with Gasteiger partial charge in [0, 0.05) is 6.07 Å². The Labute approximate surface area is 68.6 Å². The Bertz CT molecular complexity index is 408. The Hall–Kier alpha value is -1.55. The average Bonchev–Trinajstić information content (AvgIpc) is 2.46. The molecule has 0 aliphatic rings. The molecule has 0 saturated carbocycles. The van der Waals surface area contributed by atoms with Crippen LogP contribution in [0.25, 0.3) is 11.1 Å². The maximum absolute atomic E-state index is 9.10. The third-order valence-corrected chi connectivity index (χ3v) is 1.59. The van der Waals surface area contributed by atoms with Crippen molar-refractivity contribution in [1.29, 1.82) is 0 Å². The summed E-state index contributed by atoms with van der Waals surface area (Å²) in [5, 5.41) is 9.10. The summed E-state index contributed by atoms with van der Waals surface area (Å²) in [7, 11) is 0. The Morgan fingerprint density at radius 1 is 1.50 bits per heavy atom. The summed E-state index contributed by atoms with van der Waals surface area (Å²) in [6.07, 6.45) is 0. The Morgan fingerprint density at radius 3 is 3.08 bits per heavy atom. The van der Waals surface area contributed by atoms with Crippen LogP contribution in [0.4, 0.5) is 0 Å². The number of nitrogens with zero attached hydrogens (tertiary/aromatic N) is 1. The maximum Gasteiger partial charge on any atom is 0.209 e. The molecule has 2 rings (SSSR count). The van der Waals surface area contributed by atoms with Crippen LogP contribution >= 0.6 is 0 Å². The zero-order valence-electron chi connectivity index (χ0n) is 6.32. The van der Waals surface area contributed by atoms with Crippen LogP contribution in [0.2, 0.25) is 0 Å². The number of aromatic hydroxyl groups is 1. The molecule has 4 nitrogen and oxygen atoms in total. The highest BCUT2D eigenvalue weighted by molar-refractivity contribution is 5.74. The Balaban J connectivity index is 2.67. The van der Waals surface area contributed by atoms with E-state index < -0.39 is 0 Å². The number of phenols is 1. The third kappa shape index (κ3) is 1.02. The number of hydrogen-bond acceptors (Lipinski definition) is 4. The van der Waals surface area contributed by atoms with Gasteiger partial charge in [-0.25, -0.2) is 4.98 Å². The molecule has 2 aromatic rings. The largest absolute Gasteiger partial charge is 0.508 e. The highest BCUT2D eigenvalue weighted by Crippen LogP contribution is 2.19. The second-order valence-electron chi connectivity index (χ2n) is 2.46. The summed E-state index contributed by atoms with van der Waals surface area (Å²) < 4.78 is 5.22. The van der Waals surface area contributed by atoms with Gasteiger partial charge in [0.25, 0.3) is 0 Å². The second-order valence-corrected chi connectivity index (χ2v) is 2.46. The van der Waals surface area contributed by atoms with Crippen LogP contribution in [0, 0.1) is 0 Å². The van der Waals surface area contributed by atoms with Gasteiger partial charge in [-0.3, -0.25) is 0 Å². The van der Waals surface area contributed by atoms with E-state index in [0.717, 1.165) is 0 Å². The lowest BCUT2D eigenvalue weighted by Crippen LogP contribution is -1.94. The average molecular weight is 164 g/mol. The van der Waals surface area contributed by atoms with Gasteiger partial charge in [-0.2, -0.15) is 0 Å². The van der Waals surface area contributed by atoms with Crippen LogP contribution in [-0.2, 0) is 6.54 Å². The monoisotopic (exact) mass is 164 g/mol. The van der Waals surface area contributed by atoms with Gasteiger partial charge >= 0.3 is 0 Å². The zero-order chi connectivity index (χ0) is 8.55. The minimum atomic E-state index is 0.180. The van der Waals surface area contributed by atoms with Crippen molar-refractivity contribution >= 4 is 11.1 Å². The van der Waals surface area contributed by atoms with E-state index >= 15 is 0 Å².